The number of hydrogen-bond donors (Lipinski definition) is 0. The van der Waals surface area contributed by atoms with Crippen molar-refractivity contribution in [2.75, 3.05) is 38.2 Å². The number of aromatic nitrogens is 1. The van der Waals surface area contributed by atoms with Crippen LogP contribution in [0.4, 0.5) is 10.1 Å². The summed E-state index contributed by atoms with van der Waals surface area (Å²) in [4.78, 5) is 26.3. The summed E-state index contributed by atoms with van der Waals surface area (Å²) in [6, 6.07) is 14.5. The molecule has 1 aliphatic rings. The number of hydrogen-bond acceptors (Lipinski definition) is 6. The number of methoxy groups -OCH3 is 1. The second-order valence-corrected chi connectivity index (χ2v) is 10.8. The Balaban J connectivity index is 1.42. The minimum absolute atomic E-state index is 0.0451. The second-order valence-electron chi connectivity index (χ2n) is 10.8. The molecular formula is C31H37FN4O3. The number of benzene rings is 2. The Morgan fingerprint density at radius 2 is 1.74 bits per heavy atom. The highest BCUT2D eigenvalue weighted by molar-refractivity contribution is 5.90. The molecule has 206 valence electrons. The van der Waals surface area contributed by atoms with Crippen molar-refractivity contribution >= 4 is 34.1 Å². The molecule has 0 unspecified atom stereocenters. The lowest BCUT2D eigenvalue weighted by Crippen LogP contribution is -2.48. The number of aliphatic imine (C=N–C) groups is 1. The van der Waals surface area contributed by atoms with E-state index in [1.54, 1.807) is 19.2 Å². The Morgan fingerprint density at radius 3 is 2.38 bits per heavy atom. The van der Waals surface area contributed by atoms with E-state index < -0.39 is 5.60 Å². The van der Waals surface area contributed by atoms with Gasteiger partial charge in [-0.25, -0.2) is 14.4 Å². The molecule has 0 bridgehead atoms. The monoisotopic (exact) mass is 532 g/mol. The van der Waals surface area contributed by atoms with Gasteiger partial charge in [-0.2, -0.15) is 0 Å². The highest BCUT2D eigenvalue weighted by Crippen LogP contribution is 2.31. The van der Waals surface area contributed by atoms with Gasteiger partial charge >= 0.3 is 0 Å². The third-order valence-corrected chi connectivity index (χ3v) is 6.52. The topological polar surface area (TPSA) is 67.3 Å². The number of rotatable bonds is 7. The lowest BCUT2D eigenvalue weighted by molar-refractivity contribution is -0.131. The minimum atomic E-state index is -0.457. The third kappa shape index (κ3) is 7.34. The number of halogens is 1. The molecule has 0 aliphatic carbocycles. The summed E-state index contributed by atoms with van der Waals surface area (Å²) in [7, 11) is 1.55. The zero-order chi connectivity index (χ0) is 28.2. The van der Waals surface area contributed by atoms with Gasteiger partial charge in [0.05, 0.1) is 23.9 Å². The molecule has 4 rings (SSSR count). The summed E-state index contributed by atoms with van der Waals surface area (Å²) in [6.07, 6.45) is 0.624. The lowest BCUT2D eigenvalue weighted by atomic mass is 10.1. The molecule has 1 fully saturated rings. The number of carbonyl (C=O) groups is 1. The van der Waals surface area contributed by atoms with Crippen LogP contribution in [-0.2, 0) is 9.53 Å². The van der Waals surface area contributed by atoms with Gasteiger partial charge in [0.1, 0.15) is 11.4 Å². The van der Waals surface area contributed by atoms with Crippen LogP contribution >= 0.6 is 0 Å². The van der Waals surface area contributed by atoms with Crippen LogP contribution in [-0.4, -0.2) is 60.6 Å². The molecule has 2 aromatic carbocycles. The number of ether oxygens (including phenoxy) is 2. The van der Waals surface area contributed by atoms with Gasteiger partial charge in [0.2, 0.25) is 11.8 Å². The number of carbonyl (C=O) groups excluding carboxylic acids is 1. The zero-order valence-electron chi connectivity index (χ0n) is 23.5. The van der Waals surface area contributed by atoms with E-state index in [1.165, 1.54) is 12.1 Å². The number of amides is 1. The van der Waals surface area contributed by atoms with Crippen LogP contribution in [0.25, 0.3) is 16.6 Å². The van der Waals surface area contributed by atoms with Crippen molar-refractivity contribution in [2.45, 2.75) is 46.1 Å². The second kappa shape index (κ2) is 11.8. The van der Waals surface area contributed by atoms with E-state index in [2.05, 4.69) is 22.5 Å². The molecule has 0 radical (unpaired) electrons. The SMILES string of the molecule is C=C(N=C(CCC(=O)N1CCN(c2ccc(F)cc2)CC1)OC)c1cc2cc(C)ccc2nc1OC(C)(C)C. The molecule has 1 aromatic heterocycles. The van der Waals surface area contributed by atoms with Gasteiger partial charge in [0.25, 0.3) is 0 Å². The van der Waals surface area contributed by atoms with Crippen LogP contribution in [0.5, 0.6) is 5.88 Å². The predicted molar refractivity (Wildman–Crippen MR) is 155 cm³/mol. The molecular weight excluding hydrogens is 495 g/mol. The normalized spacial score (nSPS) is 14.5. The van der Waals surface area contributed by atoms with E-state index in [4.69, 9.17) is 14.5 Å². The van der Waals surface area contributed by atoms with E-state index in [0.717, 1.165) is 22.2 Å². The van der Waals surface area contributed by atoms with Gasteiger partial charge in [-0.05, 0) is 70.2 Å². The number of aryl methyl sites for hydroxylation is 1. The summed E-state index contributed by atoms with van der Waals surface area (Å²) in [6.45, 7) is 14.7. The molecule has 2 heterocycles. The molecule has 0 N–H and O–H groups in total. The average molecular weight is 533 g/mol. The van der Waals surface area contributed by atoms with E-state index in [-0.39, 0.29) is 18.1 Å². The highest BCUT2D eigenvalue weighted by atomic mass is 19.1. The van der Waals surface area contributed by atoms with E-state index >= 15 is 0 Å². The van der Waals surface area contributed by atoms with Crippen molar-refractivity contribution in [2.24, 2.45) is 4.99 Å². The van der Waals surface area contributed by atoms with Crippen molar-refractivity contribution in [3.8, 4) is 5.88 Å². The smallest absolute Gasteiger partial charge is 0.224 e. The molecule has 7 nitrogen and oxygen atoms in total. The Bertz CT molecular complexity index is 1370. The fourth-order valence-electron chi connectivity index (χ4n) is 4.51. The van der Waals surface area contributed by atoms with Gasteiger partial charge in [0.15, 0.2) is 5.90 Å². The summed E-state index contributed by atoms with van der Waals surface area (Å²) in [5.74, 6) is 0.669. The molecule has 8 heteroatoms. The van der Waals surface area contributed by atoms with Gasteiger partial charge in [-0.15, -0.1) is 0 Å². The Morgan fingerprint density at radius 1 is 1.05 bits per heavy atom. The van der Waals surface area contributed by atoms with Crippen molar-refractivity contribution in [3.05, 3.63) is 72.1 Å². The molecule has 1 aliphatic heterocycles. The summed E-state index contributed by atoms with van der Waals surface area (Å²) < 4.78 is 24.9. The largest absolute Gasteiger partial charge is 0.484 e. The van der Waals surface area contributed by atoms with Gasteiger partial charge in [-0.3, -0.25) is 4.79 Å². The summed E-state index contributed by atoms with van der Waals surface area (Å²) in [5, 5.41) is 0.969. The minimum Gasteiger partial charge on any atom is -0.484 e. The van der Waals surface area contributed by atoms with Gasteiger partial charge in [-0.1, -0.05) is 18.2 Å². The maximum atomic E-state index is 13.2. The quantitative estimate of drug-likeness (QED) is 0.276. The fraction of sp³-hybridized carbons (Fsp3) is 0.387. The first-order chi connectivity index (χ1) is 18.5. The molecule has 3 aromatic rings. The molecule has 0 saturated carbocycles. The fourth-order valence-corrected chi connectivity index (χ4v) is 4.51. The number of piperazine rings is 1. The van der Waals surface area contributed by atoms with Crippen molar-refractivity contribution < 1.29 is 18.7 Å². The van der Waals surface area contributed by atoms with E-state index in [1.807, 2.05) is 50.8 Å². The lowest BCUT2D eigenvalue weighted by Gasteiger charge is -2.36. The summed E-state index contributed by atoms with van der Waals surface area (Å²) in [5.41, 5.74) is 3.61. The molecule has 1 amide bonds. The zero-order valence-corrected chi connectivity index (χ0v) is 23.5. The summed E-state index contributed by atoms with van der Waals surface area (Å²) >= 11 is 0. The van der Waals surface area contributed by atoms with Crippen LogP contribution in [0, 0.1) is 12.7 Å². The standard InChI is InChI=1S/C31H37FN4O3/c1-21-7-12-27-23(19-21)20-26(30(34-27)39-31(3,4)5)22(2)33-28(38-6)13-14-29(37)36-17-15-35(16-18-36)25-10-8-24(32)9-11-25/h7-12,19-20H,2,13-18H2,1,3-6H3. The van der Waals surface area contributed by atoms with Gasteiger partial charge < -0.3 is 19.3 Å². The van der Waals surface area contributed by atoms with Crippen molar-refractivity contribution in [1.29, 1.82) is 0 Å². The first-order valence-corrected chi connectivity index (χ1v) is 13.2. The molecule has 0 spiro atoms. The number of fused-ring (bicyclic) bond motifs is 1. The first kappa shape index (κ1) is 28.1. The number of anilines is 1. The Hall–Kier alpha value is -3.94. The third-order valence-electron chi connectivity index (χ3n) is 6.52. The number of pyridine rings is 1. The average Bonchev–Trinajstić information content (AvgIpc) is 2.90. The first-order valence-electron chi connectivity index (χ1n) is 13.2. The van der Waals surface area contributed by atoms with Crippen LogP contribution < -0.4 is 9.64 Å². The van der Waals surface area contributed by atoms with Crippen LogP contribution in [0.1, 0.15) is 44.7 Å². The van der Waals surface area contributed by atoms with E-state index in [0.29, 0.717) is 55.6 Å². The Labute approximate surface area is 230 Å². The molecule has 0 atom stereocenters. The maximum absolute atomic E-state index is 13.2. The highest BCUT2D eigenvalue weighted by Gasteiger charge is 2.23. The van der Waals surface area contributed by atoms with E-state index in [9.17, 15) is 9.18 Å². The molecule has 39 heavy (non-hydrogen) atoms. The van der Waals surface area contributed by atoms with Crippen molar-refractivity contribution in [1.82, 2.24) is 9.88 Å². The van der Waals surface area contributed by atoms with Gasteiger partial charge in [0, 0.05) is 50.1 Å². The van der Waals surface area contributed by atoms with Crippen molar-refractivity contribution in [3.63, 3.8) is 0 Å². The van der Waals surface area contributed by atoms with Crippen LogP contribution in [0.15, 0.2) is 60.1 Å². The maximum Gasteiger partial charge on any atom is 0.224 e. The Kier molecular flexibility index (Phi) is 8.53. The predicted octanol–water partition coefficient (Wildman–Crippen LogP) is 6.00. The molecule has 1 saturated heterocycles. The van der Waals surface area contributed by atoms with Crippen LogP contribution in [0.2, 0.25) is 0 Å². The van der Waals surface area contributed by atoms with Crippen LogP contribution in [0.3, 0.4) is 0 Å². The number of nitrogens with zero attached hydrogens (tertiary/aromatic N) is 4.